The number of rotatable bonds is 10. The Morgan fingerprint density at radius 3 is 2.46 bits per heavy atom. The number of amides is 1. The lowest BCUT2D eigenvalue weighted by molar-refractivity contribution is -0.121. The van der Waals surface area contributed by atoms with E-state index >= 15 is 0 Å². The van der Waals surface area contributed by atoms with Crippen LogP contribution in [-0.2, 0) is 17.8 Å². The zero-order chi connectivity index (χ0) is 18.8. The van der Waals surface area contributed by atoms with Crippen molar-refractivity contribution in [2.75, 3.05) is 19.8 Å². The van der Waals surface area contributed by atoms with E-state index in [1.165, 1.54) is 17.0 Å². The van der Waals surface area contributed by atoms with Gasteiger partial charge in [0, 0.05) is 11.8 Å². The van der Waals surface area contributed by atoms with Crippen molar-refractivity contribution >= 4 is 5.91 Å². The van der Waals surface area contributed by atoms with Crippen molar-refractivity contribution in [2.45, 2.75) is 33.2 Å². The van der Waals surface area contributed by atoms with Crippen LogP contribution in [0.4, 0.5) is 0 Å². The van der Waals surface area contributed by atoms with E-state index in [1.54, 1.807) is 0 Å². The van der Waals surface area contributed by atoms with Crippen LogP contribution in [-0.4, -0.2) is 35.2 Å². The SMILES string of the molecule is CCCc1cc(=O)n(CC(=O)NCCOc2ccc(OCC)cc2)cn1. The molecule has 0 radical (unpaired) electrons. The Hall–Kier alpha value is -2.83. The molecule has 26 heavy (non-hydrogen) atoms. The molecule has 0 saturated heterocycles. The smallest absolute Gasteiger partial charge is 0.253 e. The van der Waals surface area contributed by atoms with Gasteiger partial charge in [-0.3, -0.25) is 14.2 Å². The summed E-state index contributed by atoms with van der Waals surface area (Å²) in [4.78, 5) is 28.1. The van der Waals surface area contributed by atoms with E-state index in [0.29, 0.717) is 25.5 Å². The standard InChI is InChI=1S/C19H25N3O4/c1-3-5-15-12-19(24)22(14-21-15)13-18(23)20-10-11-26-17-8-6-16(7-9-17)25-4-2/h6-9,12,14H,3-5,10-11,13H2,1-2H3,(H,20,23). The average molecular weight is 359 g/mol. The molecule has 140 valence electrons. The van der Waals surface area contributed by atoms with E-state index in [1.807, 2.05) is 38.1 Å². The van der Waals surface area contributed by atoms with E-state index < -0.39 is 0 Å². The number of aromatic nitrogens is 2. The number of carbonyl (C=O) groups is 1. The van der Waals surface area contributed by atoms with Gasteiger partial charge in [0.25, 0.3) is 5.56 Å². The van der Waals surface area contributed by atoms with Crippen LogP contribution in [0, 0.1) is 0 Å². The molecule has 0 aliphatic carbocycles. The second-order valence-corrected chi connectivity index (χ2v) is 5.70. The van der Waals surface area contributed by atoms with Gasteiger partial charge in [-0.2, -0.15) is 0 Å². The van der Waals surface area contributed by atoms with Crippen LogP contribution in [0.2, 0.25) is 0 Å². The van der Waals surface area contributed by atoms with Crippen LogP contribution in [0.25, 0.3) is 0 Å². The molecular formula is C19H25N3O4. The molecule has 2 rings (SSSR count). The monoisotopic (exact) mass is 359 g/mol. The molecule has 0 bridgehead atoms. The lowest BCUT2D eigenvalue weighted by atomic mass is 10.2. The number of ether oxygens (including phenoxy) is 2. The molecule has 0 fully saturated rings. The summed E-state index contributed by atoms with van der Waals surface area (Å²) in [5.74, 6) is 1.24. The maximum atomic E-state index is 11.9. The predicted molar refractivity (Wildman–Crippen MR) is 98.6 cm³/mol. The van der Waals surface area contributed by atoms with Crippen molar-refractivity contribution < 1.29 is 14.3 Å². The molecule has 0 unspecified atom stereocenters. The van der Waals surface area contributed by atoms with Gasteiger partial charge in [0.2, 0.25) is 5.91 Å². The number of nitrogens with zero attached hydrogens (tertiary/aromatic N) is 2. The van der Waals surface area contributed by atoms with Crippen LogP contribution in [0.15, 0.2) is 41.5 Å². The number of hydrogen-bond acceptors (Lipinski definition) is 5. The Kier molecular flexibility index (Phi) is 7.67. The lowest BCUT2D eigenvalue weighted by Gasteiger charge is -2.10. The summed E-state index contributed by atoms with van der Waals surface area (Å²) in [6, 6.07) is 8.77. The van der Waals surface area contributed by atoms with Crippen LogP contribution >= 0.6 is 0 Å². The van der Waals surface area contributed by atoms with E-state index in [2.05, 4.69) is 10.3 Å². The minimum atomic E-state index is -0.257. The minimum Gasteiger partial charge on any atom is -0.494 e. The van der Waals surface area contributed by atoms with Crippen molar-refractivity contribution in [3.05, 3.63) is 52.7 Å². The van der Waals surface area contributed by atoms with E-state index in [-0.39, 0.29) is 18.0 Å². The number of hydrogen-bond donors (Lipinski definition) is 1. The van der Waals surface area contributed by atoms with Gasteiger partial charge in [0.1, 0.15) is 24.7 Å². The highest BCUT2D eigenvalue weighted by Gasteiger charge is 2.05. The first-order valence-electron chi connectivity index (χ1n) is 8.80. The third-order valence-electron chi connectivity index (χ3n) is 3.58. The fourth-order valence-corrected chi connectivity index (χ4v) is 2.34. The number of benzene rings is 1. The largest absolute Gasteiger partial charge is 0.494 e. The minimum absolute atomic E-state index is 0.0543. The van der Waals surface area contributed by atoms with Gasteiger partial charge in [-0.15, -0.1) is 0 Å². The van der Waals surface area contributed by atoms with Crippen LogP contribution in [0.3, 0.4) is 0 Å². The quantitative estimate of drug-likeness (QED) is 0.654. The van der Waals surface area contributed by atoms with Gasteiger partial charge >= 0.3 is 0 Å². The van der Waals surface area contributed by atoms with Crippen molar-refractivity contribution in [2.24, 2.45) is 0 Å². The first-order chi connectivity index (χ1) is 12.6. The normalized spacial score (nSPS) is 10.4. The first-order valence-corrected chi connectivity index (χ1v) is 8.80. The summed E-state index contributed by atoms with van der Waals surface area (Å²) in [5.41, 5.74) is 0.530. The second kappa shape index (κ2) is 10.2. The van der Waals surface area contributed by atoms with Gasteiger partial charge < -0.3 is 14.8 Å². The maximum Gasteiger partial charge on any atom is 0.253 e. The van der Waals surface area contributed by atoms with Gasteiger partial charge in [-0.05, 0) is 37.6 Å². The molecule has 2 aromatic rings. The lowest BCUT2D eigenvalue weighted by Crippen LogP contribution is -2.34. The van der Waals surface area contributed by atoms with Gasteiger partial charge in [0.05, 0.1) is 19.5 Å². The van der Waals surface area contributed by atoms with Crippen LogP contribution < -0.4 is 20.3 Å². The Balaban J connectivity index is 1.72. The van der Waals surface area contributed by atoms with Crippen molar-refractivity contribution in [3.63, 3.8) is 0 Å². The highest BCUT2D eigenvalue weighted by molar-refractivity contribution is 5.75. The average Bonchev–Trinajstić information content (AvgIpc) is 2.63. The highest BCUT2D eigenvalue weighted by atomic mass is 16.5. The highest BCUT2D eigenvalue weighted by Crippen LogP contribution is 2.17. The molecule has 0 aliphatic heterocycles. The first kappa shape index (κ1) is 19.5. The molecule has 1 heterocycles. The molecule has 1 aromatic carbocycles. The third kappa shape index (κ3) is 6.23. The predicted octanol–water partition coefficient (Wildman–Crippen LogP) is 1.79. The molecule has 7 nitrogen and oxygen atoms in total. The van der Waals surface area contributed by atoms with Crippen LogP contribution in [0.5, 0.6) is 11.5 Å². The van der Waals surface area contributed by atoms with Crippen molar-refractivity contribution in [3.8, 4) is 11.5 Å². The molecule has 1 aromatic heterocycles. The molecule has 1 N–H and O–H groups in total. The summed E-state index contributed by atoms with van der Waals surface area (Å²) < 4.78 is 12.2. The summed E-state index contributed by atoms with van der Waals surface area (Å²) in [5, 5.41) is 2.72. The van der Waals surface area contributed by atoms with Crippen LogP contribution in [0.1, 0.15) is 26.0 Å². The second-order valence-electron chi connectivity index (χ2n) is 5.70. The van der Waals surface area contributed by atoms with E-state index in [9.17, 15) is 9.59 Å². The topological polar surface area (TPSA) is 82.5 Å². The Bertz CT molecular complexity index is 756. The van der Waals surface area contributed by atoms with E-state index in [4.69, 9.17) is 9.47 Å². The molecule has 0 spiro atoms. The molecule has 7 heteroatoms. The Labute approximate surface area is 153 Å². The van der Waals surface area contributed by atoms with Gasteiger partial charge in [-0.25, -0.2) is 4.98 Å². The molecule has 0 atom stereocenters. The molecular weight excluding hydrogens is 334 g/mol. The fraction of sp³-hybridized carbons (Fsp3) is 0.421. The van der Waals surface area contributed by atoms with E-state index in [0.717, 1.165) is 24.3 Å². The Morgan fingerprint density at radius 2 is 1.85 bits per heavy atom. The molecule has 1 amide bonds. The van der Waals surface area contributed by atoms with Crippen molar-refractivity contribution in [1.29, 1.82) is 0 Å². The summed E-state index contributed by atoms with van der Waals surface area (Å²) in [6.07, 6.45) is 3.10. The number of carbonyl (C=O) groups excluding carboxylic acids is 1. The van der Waals surface area contributed by atoms with Crippen molar-refractivity contribution in [1.82, 2.24) is 14.9 Å². The number of nitrogens with one attached hydrogen (secondary N) is 1. The molecule has 0 aliphatic rings. The summed E-state index contributed by atoms with van der Waals surface area (Å²) in [6.45, 7) is 5.20. The fourth-order valence-electron chi connectivity index (χ4n) is 2.34. The summed E-state index contributed by atoms with van der Waals surface area (Å²) >= 11 is 0. The zero-order valence-electron chi connectivity index (χ0n) is 15.2. The Morgan fingerprint density at radius 1 is 1.15 bits per heavy atom. The van der Waals surface area contributed by atoms with Gasteiger partial charge in [-0.1, -0.05) is 13.3 Å². The van der Waals surface area contributed by atoms with Gasteiger partial charge in [0.15, 0.2) is 0 Å². The third-order valence-corrected chi connectivity index (χ3v) is 3.58. The molecule has 0 saturated carbocycles. The maximum absolute atomic E-state index is 11.9. The summed E-state index contributed by atoms with van der Waals surface area (Å²) in [7, 11) is 0. The number of aryl methyl sites for hydroxylation is 1. The zero-order valence-corrected chi connectivity index (χ0v) is 15.2.